The lowest BCUT2D eigenvalue weighted by Gasteiger charge is -2.39. The lowest BCUT2D eigenvalue weighted by Crippen LogP contribution is -2.56. The second kappa shape index (κ2) is 7.90. The lowest BCUT2D eigenvalue weighted by molar-refractivity contribution is -0.136. The largest absolute Gasteiger partial charge is 0.341 e. The van der Waals surface area contributed by atoms with E-state index in [1.807, 2.05) is 0 Å². The highest BCUT2D eigenvalue weighted by molar-refractivity contribution is 8.14. The molecule has 10 heteroatoms. The lowest BCUT2D eigenvalue weighted by atomic mass is 9.78. The van der Waals surface area contributed by atoms with Crippen LogP contribution in [-0.4, -0.2) is 63.3 Å². The quantitative estimate of drug-likeness (QED) is 0.703. The van der Waals surface area contributed by atoms with Gasteiger partial charge in [-0.05, 0) is 43.4 Å². The molecule has 3 saturated heterocycles. The Bertz CT molecular complexity index is 887. The molecule has 3 fully saturated rings. The predicted octanol–water partition coefficient (Wildman–Crippen LogP) is 1.70. The first-order valence-corrected chi connectivity index (χ1v) is 10.9. The number of piperidine rings is 1. The molecule has 3 aliphatic rings. The molecule has 1 aromatic rings. The number of imide groups is 1. The van der Waals surface area contributed by atoms with Crippen LogP contribution in [0.5, 0.6) is 0 Å². The van der Waals surface area contributed by atoms with E-state index in [1.54, 1.807) is 24.0 Å². The van der Waals surface area contributed by atoms with Crippen LogP contribution in [0.4, 0.5) is 14.0 Å². The summed E-state index contributed by atoms with van der Waals surface area (Å²) in [5.41, 5.74) is -0.370. The highest BCUT2D eigenvalue weighted by atomic mass is 32.2. The molecule has 1 aromatic carbocycles. The maximum Gasteiger partial charge on any atom is 0.325 e. The summed E-state index contributed by atoms with van der Waals surface area (Å²) in [5.74, 6) is -0.457. The molecule has 30 heavy (non-hydrogen) atoms. The predicted molar refractivity (Wildman–Crippen MR) is 108 cm³/mol. The van der Waals surface area contributed by atoms with Gasteiger partial charge in [-0.3, -0.25) is 19.3 Å². The maximum absolute atomic E-state index is 13.1. The number of rotatable bonds is 4. The van der Waals surface area contributed by atoms with Gasteiger partial charge in [-0.25, -0.2) is 9.18 Å². The summed E-state index contributed by atoms with van der Waals surface area (Å²) < 4.78 is 13.1. The standard InChI is InChI=1S/C20H23FN4O4S/c1-20(13-6-8-24(9-7-13)16(26)15-11-30-19(29)22-15)17(27)25(18(28)23-20)10-12-2-4-14(21)5-3-12/h2-5,13,15H,6-11H2,1H3,(H,22,29)(H,23,28)/t15-,20?/m0/s1. The minimum Gasteiger partial charge on any atom is -0.341 e. The van der Waals surface area contributed by atoms with Gasteiger partial charge in [-0.2, -0.15) is 0 Å². The number of urea groups is 1. The Morgan fingerprint density at radius 2 is 1.87 bits per heavy atom. The molecule has 0 spiro atoms. The van der Waals surface area contributed by atoms with Gasteiger partial charge in [0.25, 0.3) is 11.1 Å². The molecule has 160 valence electrons. The van der Waals surface area contributed by atoms with Crippen molar-refractivity contribution in [2.45, 2.75) is 37.9 Å². The number of nitrogens with zero attached hydrogens (tertiary/aromatic N) is 2. The van der Waals surface area contributed by atoms with Gasteiger partial charge in [0.05, 0.1) is 6.54 Å². The fourth-order valence-electron chi connectivity index (χ4n) is 4.32. The molecule has 3 heterocycles. The molecule has 5 amide bonds. The number of hydrogen-bond acceptors (Lipinski definition) is 5. The first-order chi connectivity index (χ1) is 14.3. The minimum atomic E-state index is -1.04. The average Bonchev–Trinajstić information content (AvgIpc) is 3.26. The molecule has 2 N–H and O–H groups in total. The van der Waals surface area contributed by atoms with Gasteiger partial charge in [0.15, 0.2) is 0 Å². The van der Waals surface area contributed by atoms with Crippen LogP contribution in [0.25, 0.3) is 0 Å². The normalized spacial score (nSPS) is 27.4. The van der Waals surface area contributed by atoms with E-state index in [9.17, 15) is 23.6 Å². The van der Waals surface area contributed by atoms with Crippen molar-refractivity contribution >= 4 is 34.8 Å². The van der Waals surface area contributed by atoms with Crippen LogP contribution in [0.3, 0.4) is 0 Å². The number of benzene rings is 1. The van der Waals surface area contributed by atoms with Gasteiger partial charge in [0.2, 0.25) is 5.91 Å². The zero-order valence-corrected chi connectivity index (χ0v) is 17.3. The third-order valence-electron chi connectivity index (χ3n) is 6.15. The van der Waals surface area contributed by atoms with Crippen LogP contribution >= 0.6 is 11.8 Å². The molecule has 0 aliphatic carbocycles. The van der Waals surface area contributed by atoms with E-state index < -0.39 is 17.6 Å². The Morgan fingerprint density at radius 1 is 1.20 bits per heavy atom. The van der Waals surface area contributed by atoms with Crippen LogP contribution in [-0.2, 0) is 16.1 Å². The molecule has 0 radical (unpaired) electrons. The number of halogens is 1. The summed E-state index contributed by atoms with van der Waals surface area (Å²) in [6, 6.07) is 4.74. The van der Waals surface area contributed by atoms with E-state index in [-0.39, 0.29) is 35.3 Å². The van der Waals surface area contributed by atoms with Crippen LogP contribution in [0.2, 0.25) is 0 Å². The highest BCUT2D eigenvalue weighted by Crippen LogP contribution is 2.34. The Kier molecular flexibility index (Phi) is 5.44. The second-order valence-corrected chi connectivity index (χ2v) is 9.04. The summed E-state index contributed by atoms with van der Waals surface area (Å²) in [4.78, 5) is 52.4. The summed E-state index contributed by atoms with van der Waals surface area (Å²) >= 11 is 1.10. The molecule has 4 rings (SSSR count). The topological polar surface area (TPSA) is 98.8 Å². The van der Waals surface area contributed by atoms with Gasteiger partial charge < -0.3 is 15.5 Å². The van der Waals surface area contributed by atoms with E-state index in [4.69, 9.17) is 0 Å². The van der Waals surface area contributed by atoms with Crippen molar-refractivity contribution < 1.29 is 23.6 Å². The summed E-state index contributed by atoms with van der Waals surface area (Å²) in [7, 11) is 0. The van der Waals surface area contributed by atoms with Crippen molar-refractivity contribution in [1.82, 2.24) is 20.4 Å². The Hall–Kier alpha value is -2.62. The van der Waals surface area contributed by atoms with Gasteiger partial charge in [0, 0.05) is 18.8 Å². The van der Waals surface area contributed by atoms with Crippen molar-refractivity contribution in [3.63, 3.8) is 0 Å². The van der Waals surface area contributed by atoms with E-state index in [0.29, 0.717) is 37.2 Å². The summed E-state index contributed by atoms with van der Waals surface area (Å²) in [6.07, 6.45) is 1.15. The number of thioether (sulfide) groups is 1. The van der Waals surface area contributed by atoms with E-state index in [2.05, 4.69) is 10.6 Å². The zero-order chi connectivity index (χ0) is 21.5. The fourth-order valence-corrected chi connectivity index (χ4v) is 5.09. The molecule has 0 aromatic heterocycles. The number of amides is 5. The maximum atomic E-state index is 13.1. The van der Waals surface area contributed by atoms with Crippen LogP contribution in [0.15, 0.2) is 24.3 Å². The third-order valence-corrected chi connectivity index (χ3v) is 7.03. The van der Waals surface area contributed by atoms with E-state index in [0.717, 1.165) is 16.7 Å². The minimum absolute atomic E-state index is 0.0803. The van der Waals surface area contributed by atoms with Crippen molar-refractivity contribution in [2.24, 2.45) is 5.92 Å². The Labute approximate surface area is 177 Å². The first kappa shape index (κ1) is 20.6. The first-order valence-electron chi connectivity index (χ1n) is 9.88. The number of nitrogens with one attached hydrogen (secondary N) is 2. The van der Waals surface area contributed by atoms with Crippen LogP contribution in [0, 0.1) is 11.7 Å². The third kappa shape index (κ3) is 3.76. The van der Waals surface area contributed by atoms with Gasteiger partial charge in [-0.15, -0.1) is 0 Å². The number of likely N-dealkylation sites (tertiary alicyclic amines) is 1. The van der Waals surface area contributed by atoms with Crippen LogP contribution in [0.1, 0.15) is 25.3 Å². The summed E-state index contributed by atoms with van der Waals surface area (Å²) in [5, 5.41) is 5.31. The fraction of sp³-hybridized carbons (Fsp3) is 0.500. The van der Waals surface area contributed by atoms with Gasteiger partial charge in [0.1, 0.15) is 17.4 Å². The molecule has 2 atom stereocenters. The summed E-state index contributed by atoms with van der Waals surface area (Å²) in [6.45, 7) is 2.75. The van der Waals surface area contributed by atoms with E-state index in [1.165, 1.54) is 12.1 Å². The monoisotopic (exact) mass is 434 g/mol. The number of hydrogen-bond donors (Lipinski definition) is 2. The molecule has 0 saturated carbocycles. The molecule has 1 unspecified atom stereocenters. The SMILES string of the molecule is CC1(C2CCN(C(=O)[C@@H]3CSC(=O)N3)CC2)NC(=O)N(Cc2ccc(F)cc2)C1=O. The van der Waals surface area contributed by atoms with Gasteiger partial charge >= 0.3 is 6.03 Å². The zero-order valence-electron chi connectivity index (χ0n) is 16.5. The van der Waals surface area contributed by atoms with E-state index >= 15 is 0 Å². The van der Waals surface area contributed by atoms with Crippen molar-refractivity contribution in [3.8, 4) is 0 Å². The van der Waals surface area contributed by atoms with Crippen molar-refractivity contribution in [3.05, 3.63) is 35.6 Å². The Morgan fingerprint density at radius 3 is 2.47 bits per heavy atom. The molecule has 0 bridgehead atoms. The average molecular weight is 434 g/mol. The molecule has 8 nitrogen and oxygen atoms in total. The van der Waals surface area contributed by atoms with Crippen LogP contribution < -0.4 is 10.6 Å². The highest BCUT2D eigenvalue weighted by Gasteiger charge is 2.53. The molecule has 3 aliphatic heterocycles. The Balaban J connectivity index is 1.38. The van der Waals surface area contributed by atoms with Gasteiger partial charge in [-0.1, -0.05) is 23.9 Å². The second-order valence-electron chi connectivity index (χ2n) is 8.05. The van der Waals surface area contributed by atoms with Crippen molar-refractivity contribution in [2.75, 3.05) is 18.8 Å². The molecular weight excluding hydrogens is 411 g/mol. The number of carbonyl (C=O) groups excluding carboxylic acids is 4. The van der Waals surface area contributed by atoms with Crippen molar-refractivity contribution in [1.29, 1.82) is 0 Å². The molecular formula is C20H23FN4O4S. The smallest absolute Gasteiger partial charge is 0.325 e. The number of carbonyl (C=O) groups is 4.